The normalized spacial score (nSPS) is 11.3. The summed E-state index contributed by atoms with van der Waals surface area (Å²) in [4.78, 5) is 11.8. The molecule has 0 bridgehead atoms. The predicted octanol–water partition coefficient (Wildman–Crippen LogP) is 3.31. The molecule has 2 rings (SSSR count). The van der Waals surface area contributed by atoms with Gasteiger partial charge in [0.15, 0.2) is 0 Å². The van der Waals surface area contributed by atoms with Crippen molar-refractivity contribution in [3.63, 3.8) is 0 Å². The lowest BCUT2D eigenvalue weighted by Gasteiger charge is -2.06. The molecule has 0 radical (unpaired) electrons. The van der Waals surface area contributed by atoms with Crippen molar-refractivity contribution in [2.45, 2.75) is 6.92 Å². The van der Waals surface area contributed by atoms with Gasteiger partial charge in [-0.2, -0.15) is 5.10 Å². The number of hydrogen-bond acceptors (Lipinski definition) is 4. The number of amides is 1. The number of allylic oxidation sites excluding steroid dienone is 1. The third-order valence-corrected chi connectivity index (χ3v) is 3.22. The van der Waals surface area contributed by atoms with Crippen LogP contribution in [0.25, 0.3) is 6.08 Å². The molecule has 0 saturated carbocycles. The van der Waals surface area contributed by atoms with Gasteiger partial charge in [0.25, 0.3) is 5.91 Å². The van der Waals surface area contributed by atoms with E-state index in [2.05, 4.69) is 15.8 Å². The highest BCUT2D eigenvalue weighted by molar-refractivity contribution is 5.97. The first-order valence-corrected chi connectivity index (χ1v) is 7.61. The van der Waals surface area contributed by atoms with E-state index in [1.807, 2.05) is 73.7 Å². The summed E-state index contributed by atoms with van der Waals surface area (Å²) in [7, 11) is 1.61. The quantitative estimate of drug-likeness (QED) is 0.607. The Morgan fingerprint density at radius 1 is 1.12 bits per heavy atom. The van der Waals surface area contributed by atoms with Gasteiger partial charge in [-0.1, -0.05) is 36.4 Å². The van der Waals surface area contributed by atoms with Gasteiger partial charge in [-0.05, 0) is 42.8 Å². The van der Waals surface area contributed by atoms with Crippen molar-refractivity contribution in [2.75, 3.05) is 19.0 Å². The largest absolute Gasteiger partial charge is 0.497 e. The van der Waals surface area contributed by atoms with E-state index < -0.39 is 0 Å². The molecule has 0 saturated heterocycles. The highest BCUT2D eigenvalue weighted by Gasteiger charge is 2.00. The molecule has 0 heterocycles. The van der Waals surface area contributed by atoms with Gasteiger partial charge in [-0.3, -0.25) is 4.79 Å². The van der Waals surface area contributed by atoms with Crippen LogP contribution in [0.1, 0.15) is 12.5 Å². The number of hydrazone groups is 1. The fourth-order valence-corrected chi connectivity index (χ4v) is 1.90. The minimum Gasteiger partial charge on any atom is -0.497 e. The standard InChI is InChI=1S/C19H21N3O2/c1-15(8-9-16-6-4-3-5-7-16)21-22-19(23)14-20-17-10-12-18(24-2)13-11-17/h3-13,20H,14H2,1-2H3,(H,22,23)/b9-8-,21-15?. The molecule has 0 aliphatic carbocycles. The van der Waals surface area contributed by atoms with Crippen molar-refractivity contribution in [1.29, 1.82) is 0 Å². The van der Waals surface area contributed by atoms with Crippen molar-refractivity contribution in [3.05, 3.63) is 66.2 Å². The average molecular weight is 323 g/mol. The highest BCUT2D eigenvalue weighted by atomic mass is 16.5. The second-order valence-electron chi connectivity index (χ2n) is 5.11. The molecule has 24 heavy (non-hydrogen) atoms. The van der Waals surface area contributed by atoms with Gasteiger partial charge in [0.05, 0.1) is 19.4 Å². The van der Waals surface area contributed by atoms with E-state index in [1.54, 1.807) is 7.11 Å². The molecular formula is C19H21N3O2. The molecule has 1 amide bonds. The van der Waals surface area contributed by atoms with Crippen molar-refractivity contribution < 1.29 is 9.53 Å². The zero-order valence-corrected chi connectivity index (χ0v) is 13.8. The number of nitrogens with zero attached hydrogens (tertiary/aromatic N) is 1. The van der Waals surface area contributed by atoms with Crippen LogP contribution in [0.3, 0.4) is 0 Å². The Balaban J connectivity index is 1.77. The Morgan fingerprint density at radius 3 is 2.50 bits per heavy atom. The van der Waals surface area contributed by atoms with Crippen molar-refractivity contribution in [3.8, 4) is 5.75 Å². The number of rotatable bonds is 7. The van der Waals surface area contributed by atoms with Crippen LogP contribution in [-0.2, 0) is 4.79 Å². The molecule has 0 spiro atoms. The Kier molecular flexibility index (Phi) is 6.58. The number of carbonyl (C=O) groups is 1. The molecule has 124 valence electrons. The summed E-state index contributed by atoms with van der Waals surface area (Å²) in [6, 6.07) is 17.3. The van der Waals surface area contributed by atoms with Gasteiger partial charge in [-0.15, -0.1) is 0 Å². The topological polar surface area (TPSA) is 62.7 Å². The molecule has 2 aromatic rings. The summed E-state index contributed by atoms with van der Waals surface area (Å²) >= 11 is 0. The number of hydrogen-bond donors (Lipinski definition) is 2. The van der Waals surface area contributed by atoms with Crippen LogP contribution in [0.15, 0.2) is 65.8 Å². The summed E-state index contributed by atoms with van der Waals surface area (Å²) in [5.74, 6) is 0.564. The first-order valence-electron chi connectivity index (χ1n) is 7.61. The molecule has 0 fully saturated rings. The summed E-state index contributed by atoms with van der Waals surface area (Å²) in [6.07, 6.45) is 3.80. The molecule has 2 aromatic carbocycles. The fraction of sp³-hybridized carbons (Fsp3) is 0.158. The number of methoxy groups -OCH3 is 1. The molecule has 2 N–H and O–H groups in total. The average Bonchev–Trinajstić information content (AvgIpc) is 2.64. The van der Waals surface area contributed by atoms with Crippen molar-refractivity contribution in [2.24, 2.45) is 5.10 Å². The Bertz CT molecular complexity index is 707. The van der Waals surface area contributed by atoms with Crippen molar-refractivity contribution >= 4 is 23.4 Å². The number of carbonyl (C=O) groups excluding carboxylic acids is 1. The summed E-state index contributed by atoms with van der Waals surface area (Å²) in [5.41, 5.74) is 5.17. The smallest absolute Gasteiger partial charge is 0.259 e. The van der Waals surface area contributed by atoms with E-state index in [4.69, 9.17) is 4.74 Å². The summed E-state index contributed by atoms with van der Waals surface area (Å²) in [6.45, 7) is 1.97. The van der Waals surface area contributed by atoms with E-state index >= 15 is 0 Å². The lowest BCUT2D eigenvalue weighted by atomic mass is 10.2. The number of benzene rings is 2. The van der Waals surface area contributed by atoms with Crippen LogP contribution >= 0.6 is 0 Å². The first kappa shape index (κ1) is 17.3. The Labute approximate surface area is 142 Å². The molecule has 0 aliphatic heterocycles. The van der Waals surface area contributed by atoms with Crippen LogP contribution in [0, 0.1) is 0 Å². The van der Waals surface area contributed by atoms with Gasteiger partial charge >= 0.3 is 0 Å². The van der Waals surface area contributed by atoms with E-state index in [0.717, 1.165) is 22.7 Å². The fourth-order valence-electron chi connectivity index (χ4n) is 1.90. The van der Waals surface area contributed by atoms with Gasteiger partial charge in [-0.25, -0.2) is 5.43 Å². The second kappa shape index (κ2) is 9.15. The lowest BCUT2D eigenvalue weighted by Crippen LogP contribution is -2.26. The highest BCUT2D eigenvalue weighted by Crippen LogP contribution is 2.14. The van der Waals surface area contributed by atoms with E-state index in [-0.39, 0.29) is 12.5 Å². The Hall–Kier alpha value is -3.08. The van der Waals surface area contributed by atoms with Gasteiger partial charge < -0.3 is 10.1 Å². The van der Waals surface area contributed by atoms with Crippen LogP contribution in [0.5, 0.6) is 5.75 Å². The van der Waals surface area contributed by atoms with Crippen LogP contribution < -0.4 is 15.5 Å². The zero-order valence-electron chi connectivity index (χ0n) is 13.8. The van der Waals surface area contributed by atoms with E-state index in [0.29, 0.717) is 0 Å². The lowest BCUT2D eigenvalue weighted by molar-refractivity contribution is -0.119. The third kappa shape index (κ3) is 5.96. The van der Waals surface area contributed by atoms with Gasteiger partial charge in [0, 0.05) is 5.69 Å². The Morgan fingerprint density at radius 2 is 1.83 bits per heavy atom. The minimum atomic E-state index is -0.210. The summed E-state index contributed by atoms with van der Waals surface area (Å²) in [5, 5.41) is 7.07. The zero-order chi connectivity index (χ0) is 17.2. The van der Waals surface area contributed by atoms with Gasteiger partial charge in [0.1, 0.15) is 5.75 Å². The predicted molar refractivity (Wildman–Crippen MR) is 98.2 cm³/mol. The molecule has 0 unspecified atom stereocenters. The maximum atomic E-state index is 11.8. The van der Waals surface area contributed by atoms with Gasteiger partial charge in [0.2, 0.25) is 0 Å². The molecule has 0 aliphatic rings. The third-order valence-electron chi connectivity index (χ3n) is 3.22. The monoisotopic (exact) mass is 323 g/mol. The van der Waals surface area contributed by atoms with E-state index in [1.165, 1.54) is 0 Å². The minimum absolute atomic E-state index is 0.144. The number of ether oxygens (including phenoxy) is 1. The van der Waals surface area contributed by atoms with Crippen molar-refractivity contribution in [1.82, 2.24) is 5.43 Å². The SMILES string of the molecule is COc1ccc(NCC(=O)NN=C(C)/C=C\c2ccccc2)cc1. The van der Waals surface area contributed by atoms with Crippen LogP contribution in [0.2, 0.25) is 0 Å². The molecule has 5 nitrogen and oxygen atoms in total. The first-order chi connectivity index (χ1) is 11.7. The molecule has 0 atom stereocenters. The second-order valence-corrected chi connectivity index (χ2v) is 5.11. The molecule has 0 aromatic heterocycles. The maximum Gasteiger partial charge on any atom is 0.259 e. The number of anilines is 1. The van der Waals surface area contributed by atoms with E-state index in [9.17, 15) is 4.79 Å². The molecular weight excluding hydrogens is 302 g/mol. The summed E-state index contributed by atoms with van der Waals surface area (Å²) < 4.78 is 5.08. The van der Waals surface area contributed by atoms with Crippen LogP contribution in [-0.4, -0.2) is 25.3 Å². The maximum absolute atomic E-state index is 11.8. The van der Waals surface area contributed by atoms with Crippen LogP contribution in [0.4, 0.5) is 5.69 Å². The molecule has 5 heteroatoms. The number of nitrogens with one attached hydrogen (secondary N) is 2.